The standard InChI is InChI=1S/C23H32N2O3S/c1-16(2)22(17-11-13-18(14-12-17)23(3,4)5)24-15-21(26)25-19-9-7-8-10-20(19)29(6,27)28/h7-14,16,22,24H,15H2,1-6H3,(H,25,26)/t22-/m1/s1. The van der Waals surface area contributed by atoms with Crippen LogP contribution in [0.15, 0.2) is 53.4 Å². The lowest BCUT2D eigenvalue weighted by Gasteiger charge is -2.25. The van der Waals surface area contributed by atoms with Crippen LogP contribution in [0.25, 0.3) is 0 Å². The van der Waals surface area contributed by atoms with Gasteiger partial charge >= 0.3 is 0 Å². The first-order valence-electron chi connectivity index (χ1n) is 9.82. The number of hydrogen-bond donors (Lipinski definition) is 2. The van der Waals surface area contributed by atoms with Crippen LogP contribution in [0.3, 0.4) is 0 Å². The lowest BCUT2D eigenvalue weighted by Crippen LogP contribution is -2.34. The van der Waals surface area contributed by atoms with Gasteiger partial charge in [0.2, 0.25) is 5.91 Å². The molecule has 1 atom stereocenters. The van der Waals surface area contributed by atoms with Gasteiger partial charge in [0.15, 0.2) is 9.84 Å². The molecule has 5 nitrogen and oxygen atoms in total. The Morgan fingerprint density at radius 1 is 1.00 bits per heavy atom. The van der Waals surface area contributed by atoms with E-state index < -0.39 is 9.84 Å². The van der Waals surface area contributed by atoms with E-state index in [1.165, 1.54) is 11.6 Å². The van der Waals surface area contributed by atoms with E-state index in [4.69, 9.17) is 0 Å². The van der Waals surface area contributed by atoms with Crippen molar-refractivity contribution >= 4 is 21.4 Å². The summed E-state index contributed by atoms with van der Waals surface area (Å²) in [4.78, 5) is 12.6. The van der Waals surface area contributed by atoms with Crippen LogP contribution in [0.4, 0.5) is 5.69 Å². The Morgan fingerprint density at radius 2 is 1.59 bits per heavy atom. The van der Waals surface area contributed by atoms with E-state index >= 15 is 0 Å². The molecule has 0 spiro atoms. The number of rotatable bonds is 7. The van der Waals surface area contributed by atoms with Crippen molar-refractivity contribution in [2.75, 3.05) is 18.1 Å². The Bertz CT molecular complexity index is 943. The zero-order valence-corrected chi connectivity index (χ0v) is 18.9. The van der Waals surface area contributed by atoms with Gasteiger partial charge in [-0.2, -0.15) is 0 Å². The van der Waals surface area contributed by atoms with Crippen molar-refractivity contribution in [1.82, 2.24) is 5.32 Å². The maximum atomic E-state index is 12.5. The van der Waals surface area contributed by atoms with E-state index in [1.807, 2.05) is 0 Å². The van der Waals surface area contributed by atoms with E-state index in [2.05, 4.69) is 69.5 Å². The predicted molar refractivity (Wildman–Crippen MR) is 119 cm³/mol. The maximum Gasteiger partial charge on any atom is 0.238 e. The Kier molecular flexibility index (Phi) is 7.25. The highest BCUT2D eigenvalue weighted by atomic mass is 32.2. The molecule has 0 unspecified atom stereocenters. The zero-order valence-electron chi connectivity index (χ0n) is 18.1. The Hall–Kier alpha value is -2.18. The summed E-state index contributed by atoms with van der Waals surface area (Å²) in [6.45, 7) is 10.8. The molecular formula is C23H32N2O3S. The van der Waals surface area contributed by atoms with Gasteiger partial charge in [0.05, 0.1) is 17.1 Å². The molecule has 0 aliphatic rings. The molecule has 2 aromatic rings. The highest BCUT2D eigenvalue weighted by Gasteiger charge is 2.20. The van der Waals surface area contributed by atoms with Crippen molar-refractivity contribution < 1.29 is 13.2 Å². The number of nitrogens with one attached hydrogen (secondary N) is 2. The fourth-order valence-corrected chi connectivity index (χ4v) is 4.06. The molecule has 1 amide bonds. The summed E-state index contributed by atoms with van der Waals surface area (Å²) in [5.74, 6) is 0.00431. The van der Waals surface area contributed by atoms with Gasteiger partial charge in [0.25, 0.3) is 0 Å². The minimum absolute atomic E-state index is 0.0138. The minimum Gasteiger partial charge on any atom is -0.324 e. The highest BCUT2D eigenvalue weighted by molar-refractivity contribution is 7.90. The smallest absolute Gasteiger partial charge is 0.238 e. The molecule has 0 saturated heterocycles. The summed E-state index contributed by atoms with van der Waals surface area (Å²) in [6, 6.07) is 14.9. The van der Waals surface area contributed by atoms with Gasteiger partial charge in [-0.15, -0.1) is 0 Å². The molecule has 0 aliphatic carbocycles. The van der Waals surface area contributed by atoms with Crippen LogP contribution in [0.5, 0.6) is 0 Å². The van der Waals surface area contributed by atoms with Crippen LogP contribution in [0.2, 0.25) is 0 Å². The molecule has 29 heavy (non-hydrogen) atoms. The van der Waals surface area contributed by atoms with Crippen molar-refractivity contribution in [1.29, 1.82) is 0 Å². The molecular weight excluding hydrogens is 384 g/mol. The number of hydrogen-bond acceptors (Lipinski definition) is 4. The SMILES string of the molecule is CC(C)[C@@H](NCC(=O)Nc1ccccc1S(C)(=O)=O)c1ccc(C(C)(C)C)cc1. The maximum absolute atomic E-state index is 12.5. The molecule has 158 valence electrons. The summed E-state index contributed by atoms with van der Waals surface area (Å²) in [7, 11) is -3.42. The number of sulfone groups is 1. The second kappa shape index (κ2) is 9.09. The van der Waals surface area contributed by atoms with Crippen molar-refractivity contribution in [3.63, 3.8) is 0 Å². The molecule has 0 aliphatic heterocycles. The number of carbonyl (C=O) groups is 1. The third-order valence-electron chi connectivity index (χ3n) is 4.85. The fourth-order valence-electron chi connectivity index (χ4n) is 3.22. The third kappa shape index (κ3) is 6.41. The molecule has 2 N–H and O–H groups in total. The Balaban J connectivity index is 2.09. The Labute approximate surface area is 174 Å². The second-order valence-electron chi connectivity index (χ2n) is 8.79. The largest absolute Gasteiger partial charge is 0.324 e. The molecule has 0 radical (unpaired) electrons. The summed E-state index contributed by atoms with van der Waals surface area (Å²) in [5, 5.41) is 6.02. The molecule has 0 heterocycles. The van der Waals surface area contributed by atoms with Gasteiger partial charge in [-0.1, -0.05) is 71.0 Å². The summed E-state index contributed by atoms with van der Waals surface area (Å²) in [5.41, 5.74) is 2.78. The van der Waals surface area contributed by atoms with Gasteiger partial charge < -0.3 is 10.6 Å². The van der Waals surface area contributed by atoms with Crippen LogP contribution in [-0.4, -0.2) is 27.1 Å². The summed E-state index contributed by atoms with van der Waals surface area (Å²) >= 11 is 0. The zero-order chi connectivity index (χ0) is 21.8. The average molecular weight is 417 g/mol. The topological polar surface area (TPSA) is 75.3 Å². The van der Waals surface area contributed by atoms with E-state index in [1.54, 1.807) is 18.2 Å². The fraction of sp³-hybridized carbons (Fsp3) is 0.435. The van der Waals surface area contributed by atoms with E-state index in [0.717, 1.165) is 11.8 Å². The molecule has 0 saturated carbocycles. The monoisotopic (exact) mass is 416 g/mol. The first-order chi connectivity index (χ1) is 13.4. The minimum atomic E-state index is -3.42. The van der Waals surface area contributed by atoms with Crippen LogP contribution in [-0.2, 0) is 20.0 Å². The summed E-state index contributed by atoms with van der Waals surface area (Å²) in [6.07, 6.45) is 1.13. The molecule has 2 aromatic carbocycles. The second-order valence-corrected chi connectivity index (χ2v) is 10.8. The average Bonchev–Trinajstić information content (AvgIpc) is 2.61. The summed E-state index contributed by atoms with van der Waals surface area (Å²) < 4.78 is 23.8. The molecule has 0 fully saturated rings. The molecule has 2 rings (SSSR count). The van der Waals surface area contributed by atoms with Gasteiger partial charge in [-0.25, -0.2) is 8.42 Å². The van der Waals surface area contributed by atoms with Gasteiger partial charge in [-0.3, -0.25) is 4.79 Å². The van der Waals surface area contributed by atoms with E-state index in [0.29, 0.717) is 5.69 Å². The molecule has 0 bridgehead atoms. The van der Waals surface area contributed by atoms with Gasteiger partial charge in [0, 0.05) is 12.3 Å². The molecule has 0 aromatic heterocycles. The number of amides is 1. The van der Waals surface area contributed by atoms with Crippen molar-refractivity contribution in [3.8, 4) is 0 Å². The highest BCUT2D eigenvalue weighted by Crippen LogP contribution is 2.27. The quantitative estimate of drug-likeness (QED) is 0.705. The number of carbonyl (C=O) groups excluding carboxylic acids is 1. The number of para-hydroxylation sites is 1. The number of benzene rings is 2. The Morgan fingerprint density at radius 3 is 2.10 bits per heavy atom. The number of anilines is 1. The third-order valence-corrected chi connectivity index (χ3v) is 6.00. The van der Waals surface area contributed by atoms with Crippen molar-refractivity contribution in [2.24, 2.45) is 5.92 Å². The van der Waals surface area contributed by atoms with Crippen molar-refractivity contribution in [2.45, 2.75) is 51.0 Å². The van der Waals surface area contributed by atoms with Crippen LogP contribution in [0, 0.1) is 5.92 Å². The van der Waals surface area contributed by atoms with Gasteiger partial charge in [0.1, 0.15) is 0 Å². The van der Waals surface area contributed by atoms with Crippen LogP contribution < -0.4 is 10.6 Å². The lowest BCUT2D eigenvalue weighted by molar-refractivity contribution is -0.115. The predicted octanol–water partition coefficient (Wildman–Crippen LogP) is 4.31. The normalized spacial score (nSPS) is 13.3. The van der Waals surface area contributed by atoms with Crippen LogP contribution >= 0.6 is 0 Å². The van der Waals surface area contributed by atoms with E-state index in [-0.39, 0.29) is 34.7 Å². The van der Waals surface area contributed by atoms with Crippen molar-refractivity contribution in [3.05, 3.63) is 59.7 Å². The first-order valence-corrected chi connectivity index (χ1v) is 11.7. The lowest BCUT2D eigenvalue weighted by atomic mass is 9.85. The van der Waals surface area contributed by atoms with Crippen LogP contribution in [0.1, 0.15) is 51.8 Å². The van der Waals surface area contributed by atoms with E-state index in [9.17, 15) is 13.2 Å². The first kappa shape index (κ1) is 23.1. The molecule has 6 heteroatoms. The van der Waals surface area contributed by atoms with Gasteiger partial charge in [-0.05, 0) is 34.6 Å².